The second-order valence-electron chi connectivity index (χ2n) is 6.31. The van der Waals surface area contributed by atoms with E-state index in [4.69, 9.17) is 5.10 Å². The van der Waals surface area contributed by atoms with Crippen LogP contribution in [0, 0.1) is 0 Å². The normalized spacial score (nSPS) is 14.5. The predicted octanol–water partition coefficient (Wildman–Crippen LogP) is 3.95. The number of aromatic nitrogens is 5. The highest BCUT2D eigenvalue weighted by molar-refractivity contribution is 5.91. The number of aromatic amines is 1. The number of aryl methyl sites for hydroxylation is 1. The summed E-state index contributed by atoms with van der Waals surface area (Å²) in [5.74, 6) is 1.52. The van der Waals surface area contributed by atoms with Crippen LogP contribution in [-0.2, 0) is 6.54 Å². The van der Waals surface area contributed by atoms with Crippen molar-refractivity contribution in [3.8, 4) is 0 Å². The molecule has 2 N–H and O–H groups in total. The molecule has 1 fully saturated rings. The smallest absolute Gasteiger partial charge is 0.183 e. The summed E-state index contributed by atoms with van der Waals surface area (Å²) in [6, 6.07) is 10.4. The Balaban J connectivity index is 1.57. The first kappa shape index (κ1) is 13.5. The van der Waals surface area contributed by atoms with Crippen LogP contribution in [-0.4, -0.2) is 25.0 Å². The lowest BCUT2D eigenvalue weighted by atomic mass is 10.1. The largest absolute Gasteiger partial charge is 0.340 e. The van der Waals surface area contributed by atoms with Gasteiger partial charge in [-0.05, 0) is 50.1 Å². The Labute approximate surface area is 138 Å². The highest BCUT2D eigenvalue weighted by Crippen LogP contribution is 2.42. The monoisotopic (exact) mass is 318 g/mol. The fourth-order valence-electron chi connectivity index (χ4n) is 3.27. The Morgan fingerprint density at radius 1 is 1.25 bits per heavy atom. The molecular weight excluding hydrogens is 300 g/mol. The van der Waals surface area contributed by atoms with Gasteiger partial charge in [0.1, 0.15) is 5.82 Å². The third kappa shape index (κ3) is 2.06. The molecule has 0 spiro atoms. The highest BCUT2D eigenvalue weighted by Gasteiger charge is 2.28. The summed E-state index contributed by atoms with van der Waals surface area (Å²) in [5.41, 5.74) is 4.19. The first-order chi connectivity index (χ1) is 11.8. The molecule has 0 atom stereocenters. The molecule has 0 amide bonds. The number of pyridine rings is 1. The van der Waals surface area contributed by atoms with E-state index in [1.165, 1.54) is 29.4 Å². The zero-order valence-corrected chi connectivity index (χ0v) is 13.5. The van der Waals surface area contributed by atoms with Crippen LogP contribution in [0.4, 0.5) is 11.5 Å². The van der Waals surface area contributed by atoms with Gasteiger partial charge in [0, 0.05) is 29.7 Å². The average molecular weight is 318 g/mol. The number of fused-ring (bicyclic) bond motifs is 2. The van der Waals surface area contributed by atoms with E-state index in [0.29, 0.717) is 5.92 Å². The van der Waals surface area contributed by atoms with Crippen molar-refractivity contribution in [1.29, 1.82) is 0 Å². The molecule has 1 aliphatic carbocycles. The molecule has 5 rings (SSSR count). The lowest BCUT2D eigenvalue weighted by molar-refractivity contribution is 0.669. The number of rotatable bonds is 4. The van der Waals surface area contributed by atoms with Gasteiger partial charge in [0.25, 0.3) is 0 Å². The Kier molecular flexibility index (Phi) is 2.85. The topological polar surface area (TPSA) is 71.4 Å². The standard InChI is InChI=1S/C18H18N6/c1-2-24-15-10-12(7-8-13(15)16(23-24)11-5-6-11)20-18-14-4-3-9-19-17(14)21-22-18/h3-4,7-11H,2,5-6H2,1H3,(H2,19,20,21,22). The van der Waals surface area contributed by atoms with Crippen LogP contribution >= 0.6 is 0 Å². The number of hydrogen-bond acceptors (Lipinski definition) is 4. The minimum Gasteiger partial charge on any atom is -0.340 e. The quantitative estimate of drug-likeness (QED) is 0.597. The molecule has 24 heavy (non-hydrogen) atoms. The van der Waals surface area contributed by atoms with Crippen molar-refractivity contribution in [3.05, 3.63) is 42.2 Å². The summed E-state index contributed by atoms with van der Waals surface area (Å²) in [6.07, 6.45) is 4.28. The maximum atomic E-state index is 4.82. The Morgan fingerprint density at radius 3 is 3.00 bits per heavy atom. The molecule has 6 heteroatoms. The van der Waals surface area contributed by atoms with Gasteiger partial charge >= 0.3 is 0 Å². The molecule has 120 valence electrons. The number of nitrogens with one attached hydrogen (secondary N) is 2. The molecule has 0 unspecified atom stereocenters. The van der Waals surface area contributed by atoms with Gasteiger partial charge in [0.15, 0.2) is 5.65 Å². The zero-order chi connectivity index (χ0) is 16.1. The first-order valence-corrected chi connectivity index (χ1v) is 8.40. The third-order valence-electron chi connectivity index (χ3n) is 4.64. The van der Waals surface area contributed by atoms with Gasteiger partial charge in [0.05, 0.1) is 16.6 Å². The molecule has 0 aliphatic heterocycles. The van der Waals surface area contributed by atoms with Crippen LogP contribution in [0.3, 0.4) is 0 Å². The van der Waals surface area contributed by atoms with E-state index in [1.54, 1.807) is 6.20 Å². The minimum atomic E-state index is 0.654. The SMILES string of the molecule is CCn1nc(C2CC2)c2ccc(Nc3[nH]nc4ncccc34)cc21. The van der Waals surface area contributed by atoms with Gasteiger partial charge in [0.2, 0.25) is 0 Å². The summed E-state index contributed by atoms with van der Waals surface area (Å²) >= 11 is 0. The van der Waals surface area contributed by atoms with E-state index >= 15 is 0 Å². The molecule has 4 aromatic rings. The summed E-state index contributed by atoms with van der Waals surface area (Å²) < 4.78 is 2.10. The number of anilines is 2. The molecule has 1 saturated carbocycles. The summed E-state index contributed by atoms with van der Waals surface area (Å²) in [6.45, 7) is 3.01. The number of benzene rings is 1. The molecule has 0 bridgehead atoms. The fourth-order valence-corrected chi connectivity index (χ4v) is 3.27. The highest BCUT2D eigenvalue weighted by atomic mass is 15.3. The molecule has 0 saturated heterocycles. The average Bonchev–Trinajstić information content (AvgIpc) is 3.29. The van der Waals surface area contributed by atoms with Gasteiger partial charge in [-0.25, -0.2) is 4.98 Å². The van der Waals surface area contributed by atoms with Gasteiger partial charge < -0.3 is 5.32 Å². The lowest BCUT2D eigenvalue weighted by Crippen LogP contribution is -1.97. The van der Waals surface area contributed by atoms with Crippen molar-refractivity contribution in [3.63, 3.8) is 0 Å². The Hall–Kier alpha value is -2.89. The maximum Gasteiger partial charge on any atom is 0.183 e. The van der Waals surface area contributed by atoms with Crippen LogP contribution in [0.15, 0.2) is 36.5 Å². The van der Waals surface area contributed by atoms with Crippen molar-refractivity contribution < 1.29 is 0 Å². The van der Waals surface area contributed by atoms with Crippen molar-refractivity contribution >= 4 is 33.4 Å². The van der Waals surface area contributed by atoms with Gasteiger partial charge in [-0.2, -0.15) is 10.2 Å². The van der Waals surface area contributed by atoms with Crippen LogP contribution < -0.4 is 5.32 Å². The third-order valence-corrected chi connectivity index (χ3v) is 4.64. The van der Waals surface area contributed by atoms with E-state index in [2.05, 4.69) is 50.3 Å². The van der Waals surface area contributed by atoms with E-state index in [1.807, 2.05) is 12.1 Å². The Bertz CT molecular complexity index is 1040. The van der Waals surface area contributed by atoms with E-state index in [-0.39, 0.29) is 0 Å². The van der Waals surface area contributed by atoms with Gasteiger partial charge in [-0.1, -0.05) is 0 Å². The molecule has 1 aliphatic rings. The summed E-state index contributed by atoms with van der Waals surface area (Å²) in [4.78, 5) is 4.25. The molecule has 3 heterocycles. The van der Waals surface area contributed by atoms with Crippen LogP contribution in [0.1, 0.15) is 31.4 Å². The van der Waals surface area contributed by atoms with E-state index < -0.39 is 0 Å². The first-order valence-electron chi connectivity index (χ1n) is 8.40. The van der Waals surface area contributed by atoms with Crippen molar-refractivity contribution in [2.45, 2.75) is 32.2 Å². The van der Waals surface area contributed by atoms with E-state index in [9.17, 15) is 0 Å². The summed E-state index contributed by atoms with van der Waals surface area (Å²) in [5, 5.41) is 17.8. The second kappa shape index (κ2) is 5.06. The van der Waals surface area contributed by atoms with E-state index in [0.717, 1.165) is 29.1 Å². The van der Waals surface area contributed by atoms with Crippen LogP contribution in [0.2, 0.25) is 0 Å². The van der Waals surface area contributed by atoms with Crippen LogP contribution in [0.25, 0.3) is 21.9 Å². The van der Waals surface area contributed by atoms with Crippen molar-refractivity contribution in [2.24, 2.45) is 0 Å². The fraction of sp³-hybridized carbons (Fsp3) is 0.278. The van der Waals surface area contributed by atoms with Crippen molar-refractivity contribution in [1.82, 2.24) is 25.0 Å². The van der Waals surface area contributed by atoms with Gasteiger partial charge in [-0.15, -0.1) is 0 Å². The zero-order valence-electron chi connectivity index (χ0n) is 13.5. The van der Waals surface area contributed by atoms with Crippen molar-refractivity contribution in [2.75, 3.05) is 5.32 Å². The predicted molar refractivity (Wildman–Crippen MR) is 94.6 cm³/mol. The number of H-pyrrole nitrogens is 1. The number of nitrogens with zero attached hydrogens (tertiary/aromatic N) is 4. The minimum absolute atomic E-state index is 0.654. The molecular formula is C18H18N6. The number of hydrogen-bond donors (Lipinski definition) is 2. The summed E-state index contributed by atoms with van der Waals surface area (Å²) in [7, 11) is 0. The maximum absolute atomic E-state index is 4.82. The lowest BCUT2D eigenvalue weighted by Gasteiger charge is -2.06. The van der Waals surface area contributed by atoms with Crippen LogP contribution in [0.5, 0.6) is 0 Å². The molecule has 1 aromatic carbocycles. The molecule has 3 aromatic heterocycles. The van der Waals surface area contributed by atoms with Gasteiger partial charge in [-0.3, -0.25) is 9.78 Å². The Morgan fingerprint density at radius 2 is 2.17 bits per heavy atom. The molecule has 0 radical (unpaired) electrons. The second-order valence-corrected chi connectivity index (χ2v) is 6.31. The molecule has 6 nitrogen and oxygen atoms in total.